The minimum Gasteiger partial charge on any atom is -0.481 e. The van der Waals surface area contributed by atoms with Crippen LogP contribution in [0.25, 0.3) is 11.1 Å². The number of amides is 1. The first-order valence-corrected chi connectivity index (χ1v) is 16.0. The number of Topliss-reactive ketones (excluding diaryl/α,β-unsaturated/α-hetero) is 1. The molecule has 46 heavy (non-hydrogen) atoms. The summed E-state index contributed by atoms with van der Waals surface area (Å²) in [6.07, 6.45) is 10.1. The second-order valence-electron chi connectivity index (χ2n) is 11.7. The molecule has 2 aromatic carbocycles. The van der Waals surface area contributed by atoms with Crippen LogP contribution in [-0.2, 0) is 30.4 Å². The number of benzene rings is 2. The average Bonchev–Trinajstić information content (AvgIpc) is 3.02. The molecule has 0 aliphatic carbocycles. The molecule has 0 fully saturated rings. The minimum atomic E-state index is -3.01. The Hall–Kier alpha value is -4.31. The van der Waals surface area contributed by atoms with Crippen LogP contribution in [0.3, 0.4) is 0 Å². The molecule has 0 spiro atoms. The zero-order valence-electron chi connectivity index (χ0n) is 26.5. The lowest BCUT2D eigenvalue weighted by molar-refractivity contribution is -0.172. The van der Waals surface area contributed by atoms with Crippen molar-refractivity contribution >= 4 is 29.6 Å². The van der Waals surface area contributed by atoms with Gasteiger partial charge in [-0.2, -0.15) is 0 Å². The maximum absolute atomic E-state index is 13.3. The highest BCUT2D eigenvalue weighted by molar-refractivity contribution is 5.94. The first kappa shape index (κ1) is 37.9. The van der Waals surface area contributed by atoms with E-state index in [1.165, 1.54) is 6.08 Å². The molecule has 0 unspecified atom stereocenters. The molecule has 1 amide bonds. The molecule has 10 heteroatoms. The smallest absolute Gasteiger partial charge is 0.337 e. The van der Waals surface area contributed by atoms with E-state index in [0.717, 1.165) is 62.1 Å². The summed E-state index contributed by atoms with van der Waals surface area (Å²) in [6.45, 7) is 2.12. The Labute approximate surface area is 270 Å². The molecule has 0 aliphatic heterocycles. The predicted molar refractivity (Wildman–Crippen MR) is 174 cm³/mol. The van der Waals surface area contributed by atoms with E-state index < -0.39 is 47.8 Å². The van der Waals surface area contributed by atoms with Gasteiger partial charge in [-0.15, -0.1) is 0 Å². The van der Waals surface area contributed by atoms with E-state index in [4.69, 9.17) is 0 Å². The van der Waals surface area contributed by atoms with Crippen LogP contribution in [0.15, 0.2) is 66.7 Å². The molecule has 3 atom stereocenters. The number of aliphatic hydroxyl groups is 1. The van der Waals surface area contributed by atoms with Crippen LogP contribution in [0.5, 0.6) is 0 Å². The molecule has 0 radical (unpaired) electrons. The van der Waals surface area contributed by atoms with Gasteiger partial charge in [0, 0.05) is 19.3 Å². The lowest BCUT2D eigenvalue weighted by Gasteiger charge is -2.29. The van der Waals surface area contributed by atoms with E-state index in [-0.39, 0.29) is 12.2 Å². The summed E-state index contributed by atoms with van der Waals surface area (Å²) in [5.74, 6) is -7.64. The predicted octanol–water partition coefficient (Wildman–Crippen LogP) is 5.81. The third-order valence-electron chi connectivity index (χ3n) is 7.92. The normalized spacial score (nSPS) is 13.9. The van der Waals surface area contributed by atoms with Crippen LogP contribution in [0.2, 0.25) is 0 Å². The Morgan fingerprint density at radius 1 is 0.783 bits per heavy atom. The molecule has 2 rings (SSSR count). The molecule has 0 aromatic heterocycles. The van der Waals surface area contributed by atoms with Gasteiger partial charge in [0.25, 0.3) is 0 Å². The van der Waals surface area contributed by atoms with Crippen molar-refractivity contribution in [3.8, 4) is 11.1 Å². The second-order valence-corrected chi connectivity index (χ2v) is 11.7. The van der Waals surface area contributed by atoms with Gasteiger partial charge >= 0.3 is 17.9 Å². The number of hydrogen-bond acceptors (Lipinski definition) is 6. The van der Waals surface area contributed by atoms with Gasteiger partial charge in [-0.1, -0.05) is 106 Å². The summed E-state index contributed by atoms with van der Waals surface area (Å²) in [5, 5.41) is 42.1. The van der Waals surface area contributed by atoms with Gasteiger partial charge in [0.15, 0.2) is 5.60 Å². The first-order chi connectivity index (χ1) is 22.0. The fourth-order valence-corrected chi connectivity index (χ4v) is 5.22. The molecule has 5 N–H and O–H groups in total. The van der Waals surface area contributed by atoms with Crippen molar-refractivity contribution < 1.29 is 44.4 Å². The van der Waals surface area contributed by atoms with Crippen molar-refractivity contribution in [1.29, 1.82) is 0 Å². The highest BCUT2D eigenvalue weighted by atomic mass is 16.4. The van der Waals surface area contributed by atoms with Crippen LogP contribution in [-0.4, -0.2) is 61.7 Å². The number of carbonyl (C=O) groups excluding carboxylic acids is 2. The lowest BCUT2D eigenvalue weighted by Crippen LogP contribution is -2.55. The summed E-state index contributed by atoms with van der Waals surface area (Å²) in [4.78, 5) is 60.9. The summed E-state index contributed by atoms with van der Waals surface area (Å²) in [6, 6.07) is 15.2. The summed E-state index contributed by atoms with van der Waals surface area (Å²) in [7, 11) is 0. The van der Waals surface area contributed by atoms with E-state index in [9.17, 15) is 44.4 Å². The van der Waals surface area contributed by atoms with Crippen molar-refractivity contribution in [3.63, 3.8) is 0 Å². The minimum absolute atomic E-state index is 0.127. The topological polar surface area (TPSA) is 178 Å². The number of aliphatic carboxylic acids is 3. The number of ketones is 1. The molecule has 0 saturated carbocycles. The molecular formula is C36H47NO9. The fourth-order valence-electron chi connectivity index (χ4n) is 5.22. The highest BCUT2D eigenvalue weighted by Crippen LogP contribution is 2.26. The van der Waals surface area contributed by atoms with Crippen molar-refractivity contribution in [2.24, 2.45) is 5.92 Å². The quantitative estimate of drug-likeness (QED) is 0.0743. The number of carboxylic acids is 3. The van der Waals surface area contributed by atoms with Gasteiger partial charge < -0.3 is 25.7 Å². The van der Waals surface area contributed by atoms with Gasteiger partial charge in [-0.05, 0) is 42.4 Å². The number of allylic oxidation sites excluding steroid dienone is 1. The van der Waals surface area contributed by atoms with Crippen LogP contribution in [0.4, 0.5) is 0 Å². The SMILES string of the molecule is CCCCCCC(=O)CCCCCCC=C[C@H](C(=O)N[C@@H](Cc1ccc(-c2ccccc2)cc1)C(=O)O)[C@@](O)(CC(=O)O)C(=O)O. The Morgan fingerprint density at radius 2 is 1.37 bits per heavy atom. The van der Waals surface area contributed by atoms with Crippen molar-refractivity contribution in [2.75, 3.05) is 0 Å². The third kappa shape index (κ3) is 13.0. The van der Waals surface area contributed by atoms with Gasteiger partial charge in [-0.25, -0.2) is 9.59 Å². The molecular weight excluding hydrogens is 590 g/mol. The zero-order chi connectivity index (χ0) is 34.0. The lowest BCUT2D eigenvalue weighted by atomic mass is 9.82. The number of nitrogens with one attached hydrogen (secondary N) is 1. The molecule has 2 aromatic rings. The van der Waals surface area contributed by atoms with Gasteiger partial charge in [0.05, 0.1) is 12.3 Å². The van der Waals surface area contributed by atoms with Gasteiger partial charge in [-0.3, -0.25) is 14.4 Å². The van der Waals surface area contributed by atoms with Crippen LogP contribution in [0.1, 0.15) is 89.5 Å². The summed E-state index contributed by atoms with van der Waals surface area (Å²) < 4.78 is 0. The van der Waals surface area contributed by atoms with Crippen molar-refractivity contribution in [3.05, 3.63) is 72.3 Å². The van der Waals surface area contributed by atoms with E-state index >= 15 is 0 Å². The molecule has 0 heterocycles. The van der Waals surface area contributed by atoms with Crippen LogP contribution >= 0.6 is 0 Å². The van der Waals surface area contributed by atoms with Crippen LogP contribution < -0.4 is 5.32 Å². The molecule has 0 saturated heterocycles. The van der Waals surface area contributed by atoms with E-state index in [0.29, 0.717) is 31.2 Å². The Kier molecular flexibility index (Phi) is 16.4. The summed E-state index contributed by atoms with van der Waals surface area (Å²) in [5.41, 5.74) is -0.528. The molecule has 0 aliphatic rings. The Morgan fingerprint density at radius 3 is 1.93 bits per heavy atom. The largest absolute Gasteiger partial charge is 0.481 e. The maximum atomic E-state index is 13.3. The summed E-state index contributed by atoms with van der Waals surface area (Å²) >= 11 is 0. The van der Waals surface area contributed by atoms with Crippen molar-refractivity contribution in [1.82, 2.24) is 5.32 Å². The Bertz CT molecular complexity index is 1310. The molecule has 0 bridgehead atoms. The van der Waals surface area contributed by atoms with E-state index in [2.05, 4.69) is 12.2 Å². The Balaban J connectivity index is 2.04. The second kappa shape index (κ2) is 19.9. The van der Waals surface area contributed by atoms with Gasteiger partial charge in [0.1, 0.15) is 11.8 Å². The fraction of sp³-hybridized carbons (Fsp3) is 0.472. The van der Waals surface area contributed by atoms with Crippen molar-refractivity contribution in [2.45, 2.75) is 102 Å². The van der Waals surface area contributed by atoms with E-state index in [1.807, 2.05) is 42.5 Å². The first-order valence-electron chi connectivity index (χ1n) is 16.0. The number of rotatable bonds is 23. The number of hydrogen-bond donors (Lipinski definition) is 5. The van der Waals surface area contributed by atoms with Gasteiger partial charge in [0.2, 0.25) is 5.91 Å². The number of carboxylic acid groups (broad SMARTS) is 3. The maximum Gasteiger partial charge on any atom is 0.337 e. The number of unbranched alkanes of at least 4 members (excludes halogenated alkanes) is 7. The average molecular weight is 638 g/mol. The zero-order valence-corrected chi connectivity index (χ0v) is 26.5. The third-order valence-corrected chi connectivity index (χ3v) is 7.92. The molecule has 10 nitrogen and oxygen atoms in total. The molecule has 250 valence electrons. The van der Waals surface area contributed by atoms with Crippen LogP contribution in [0, 0.1) is 5.92 Å². The monoisotopic (exact) mass is 637 g/mol. The number of carbonyl (C=O) groups is 5. The highest BCUT2D eigenvalue weighted by Gasteiger charge is 2.49. The standard InChI is InChI=1S/C36H47NO9/c1-2-3-4-12-17-29(38)18-13-7-5-6-8-14-19-30(36(46,35(44)45)25-32(39)40)33(41)37-31(34(42)43)24-26-20-22-28(23-21-26)27-15-10-9-11-16-27/h9-11,14-16,19-23,30-31,46H,2-8,12-13,17-18,24-25H2,1H3,(H,37,41)(H,39,40)(H,42,43)(H,44,45)/t30-,31+,36+/m1/s1. The van der Waals surface area contributed by atoms with E-state index in [1.54, 1.807) is 12.1 Å².